The van der Waals surface area contributed by atoms with E-state index in [-0.39, 0.29) is 12.5 Å². The first-order chi connectivity index (χ1) is 34.1. The Balaban J connectivity index is 1.56. The molecule has 2 aliphatic rings. The second-order valence-corrected chi connectivity index (χ2v) is 21.1. The molecule has 2 fully saturated rings. The van der Waals surface area contributed by atoms with E-state index in [9.17, 15) is 45.6 Å². The minimum Gasteiger partial charge on any atom is -0.394 e. The van der Waals surface area contributed by atoms with Crippen molar-refractivity contribution in [3.05, 3.63) is 0 Å². The maximum absolute atomic E-state index is 13.1. The third kappa shape index (κ3) is 29.2. The molecule has 0 aromatic heterocycles. The molecule has 70 heavy (non-hydrogen) atoms. The predicted molar refractivity (Wildman–Crippen MR) is 277 cm³/mol. The lowest BCUT2D eigenvalue weighted by Gasteiger charge is -2.46. The van der Waals surface area contributed by atoms with Gasteiger partial charge in [-0.15, -0.1) is 0 Å². The number of carbonyl (C=O) groups excluding carboxylic acids is 1. The highest BCUT2D eigenvalue weighted by Crippen LogP contribution is 2.30. The number of aliphatic hydroxyl groups excluding tert-OH is 8. The monoisotopic (exact) mass is 1000 g/mol. The van der Waals surface area contributed by atoms with Crippen molar-refractivity contribution >= 4 is 5.91 Å². The van der Waals surface area contributed by atoms with Gasteiger partial charge >= 0.3 is 0 Å². The number of nitrogens with one attached hydrogen (secondary N) is 1. The fraction of sp³-hybridized carbons (Fsp3) is 0.982. The lowest BCUT2D eigenvalue weighted by atomic mass is 9.97. The van der Waals surface area contributed by atoms with Gasteiger partial charge in [0.2, 0.25) is 5.91 Å². The van der Waals surface area contributed by atoms with Gasteiger partial charge in [-0.1, -0.05) is 239 Å². The number of hydrogen-bond donors (Lipinski definition) is 9. The Morgan fingerprint density at radius 1 is 0.457 bits per heavy atom. The molecule has 14 nitrogen and oxygen atoms in total. The van der Waals surface area contributed by atoms with E-state index in [0.29, 0.717) is 12.8 Å². The van der Waals surface area contributed by atoms with Crippen molar-refractivity contribution in [1.29, 1.82) is 0 Å². The summed E-state index contributed by atoms with van der Waals surface area (Å²) in [6, 6.07) is -0.819. The van der Waals surface area contributed by atoms with Crippen LogP contribution in [0.25, 0.3) is 0 Å². The molecule has 12 unspecified atom stereocenters. The Bertz CT molecular complexity index is 1180. The smallest absolute Gasteiger partial charge is 0.220 e. The van der Waals surface area contributed by atoms with E-state index in [4.69, 9.17) is 18.9 Å². The number of aliphatic hydroxyl groups is 8. The predicted octanol–water partition coefficient (Wildman–Crippen LogP) is 9.34. The van der Waals surface area contributed by atoms with E-state index >= 15 is 0 Å². The molecular weight excluding hydrogens is 895 g/mol. The zero-order valence-corrected chi connectivity index (χ0v) is 44.5. The first kappa shape index (κ1) is 65.1. The van der Waals surface area contributed by atoms with Gasteiger partial charge < -0.3 is 65.1 Å². The first-order valence-electron chi connectivity index (χ1n) is 29.3. The highest BCUT2D eigenvalue weighted by Gasteiger charge is 2.51. The molecule has 2 rings (SSSR count). The normalized spacial score (nSPS) is 25.9. The Morgan fingerprint density at radius 2 is 0.814 bits per heavy atom. The van der Waals surface area contributed by atoms with Gasteiger partial charge in [0.25, 0.3) is 0 Å². The van der Waals surface area contributed by atoms with Crippen molar-refractivity contribution in [2.75, 3.05) is 19.8 Å². The summed E-state index contributed by atoms with van der Waals surface area (Å²) in [5, 5.41) is 86.6. The number of rotatable bonds is 47. The first-order valence-corrected chi connectivity index (χ1v) is 29.3. The van der Waals surface area contributed by atoms with Crippen LogP contribution in [0.5, 0.6) is 0 Å². The maximum atomic E-state index is 13.1. The third-order valence-corrected chi connectivity index (χ3v) is 14.8. The second-order valence-electron chi connectivity index (χ2n) is 21.1. The van der Waals surface area contributed by atoms with Crippen molar-refractivity contribution < 1.29 is 64.6 Å². The molecule has 2 aliphatic heterocycles. The average Bonchev–Trinajstić information content (AvgIpc) is 3.36. The van der Waals surface area contributed by atoms with Gasteiger partial charge in [0.05, 0.1) is 32.0 Å². The van der Waals surface area contributed by atoms with E-state index in [1.54, 1.807) is 0 Å². The van der Waals surface area contributed by atoms with Gasteiger partial charge in [0.1, 0.15) is 48.8 Å². The van der Waals surface area contributed by atoms with Crippen LogP contribution in [0.1, 0.15) is 258 Å². The maximum Gasteiger partial charge on any atom is 0.220 e. The SMILES string of the molecule is CCCCCCCCCCCCCCCCCCCCCCCCCCCCCCCCC(=O)NC(COC1OC(CO)C(OC2OC(CO)C(O)C(O)C2O)C(O)C1O)C(O)CCCCCCCC. The summed E-state index contributed by atoms with van der Waals surface area (Å²) in [7, 11) is 0. The van der Waals surface area contributed by atoms with Gasteiger partial charge in [-0.3, -0.25) is 4.79 Å². The van der Waals surface area contributed by atoms with Gasteiger partial charge in [-0.25, -0.2) is 0 Å². The largest absolute Gasteiger partial charge is 0.394 e. The van der Waals surface area contributed by atoms with Gasteiger partial charge in [-0.05, 0) is 12.8 Å². The molecule has 416 valence electrons. The van der Waals surface area contributed by atoms with Crippen LogP contribution in [-0.2, 0) is 23.7 Å². The zero-order valence-electron chi connectivity index (χ0n) is 44.5. The van der Waals surface area contributed by atoms with Gasteiger partial charge in [0.15, 0.2) is 12.6 Å². The second kappa shape index (κ2) is 43.3. The Hall–Kier alpha value is -1.01. The number of carbonyl (C=O) groups is 1. The Kier molecular flexibility index (Phi) is 40.2. The van der Waals surface area contributed by atoms with Crippen LogP contribution in [0.4, 0.5) is 0 Å². The zero-order chi connectivity index (χ0) is 51.0. The molecule has 12 atom stereocenters. The van der Waals surface area contributed by atoms with Crippen molar-refractivity contribution in [1.82, 2.24) is 5.32 Å². The topological polar surface area (TPSA) is 228 Å². The van der Waals surface area contributed by atoms with Crippen LogP contribution in [0.3, 0.4) is 0 Å². The van der Waals surface area contributed by atoms with Gasteiger partial charge in [-0.2, -0.15) is 0 Å². The summed E-state index contributed by atoms with van der Waals surface area (Å²) in [5.74, 6) is -0.206. The summed E-state index contributed by atoms with van der Waals surface area (Å²) in [4.78, 5) is 13.1. The quantitative estimate of drug-likeness (QED) is 0.0259. The highest BCUT2D eigenvalue weighted by atomic mass is 16.7. The van der Waals surface area contributed by atoms with E-state index in [1.165, 1.54) is 167 Å². The van der Waals surface area contributed by atoms with Crippen LogP contribution in [0.15, 0.2) is 0 Å². The lowest BCUT2D eigenvalue weighted by Crippen LogP contribution is -2.65. The molecule has 0 radical (unpaired) electrons. The number of hydrogen-bond acceptors (Lipinski definition) is 13. The van der Waals surface area contributed by atoms with Crippen LogP contribution in [0, 0.1) is 0 Å². The molecule has 0 aromatic carbocycles. The minimum absolute atomic E-state index is 0.206. The molecule has 0 bridgehead atoms. The molecule has 0 spiro atoms. The summed E-state index contributed by atoms with van der Waals surface area (Å²) >= 11 is 0. The van der Waals surface area contributed by atoms with E-state index in [0.717, 1.165) is 64.2 Å². The average molecular weight is 1000 g/mol. The lowest BCUT2D eigenvalue weighted by molar-refractivity contribution is -0.359. The standard InChI is InChI=1S/C56H109NO13/c1-3-5-7-9-11-12-13-14-15-16-17-18-19-20-21-22-23-24-25-26-27-28-29-30-31-32-33-34-36-38-40-48(61)57-44(45(60)39-37-35-10-8-6-4-2)43-67-55-53(66)51(64)54(47(42-59)69-55)70-56-52(65)50(63)49(62)46(41-58)68-56/h44-47,49-56,58-60,62-66H,3-43H2,1-2H3,(H,57,61). The van der Waals surface area contributed by atoms with E-state index in [1.807, 2.05) is 0 Å². The molecule has 0 aliphatic carbocycles. The molecule has 14 heteroatoms. The number of amides is 1. The third-order valence-electron chi connectivity index (χ3n) is 14.8. The van der Waals surface area contributed by atoms with E-state index in [2.05, 4.69) is 19.2 Å². The summed E-state index contributed by atoms with van der Waals surface area (Å²) in [6.07, 6.45) is 30.4. The van der Waals surface area contributed by atoms with Gasteiger partial charge in [0, 0.05) is 6.42 Å². The minimum atomic E-state index is -1.78. The Labute approximate surface area is 425 Å². The van der Waals surface area contributed by atoms with Crippen LogP contribution < -0.4 is 5.32 Å². The Morgan fingerprint density at radius 3 is 1.21 bits per heavy atom. The number of unbranched alkanes of at least 4 members (excludes halogenated alkanes) is 34. The molecule has 1 amide bonds. The molecular formula is C56H109NO13. The molecule has 0 aromatic rings. The van der Waals surface area contributed by atoms with Crippen LogP contribution >= 0.6 is 0 Å². The fourth-order valence-electron chi connectivity index (χ4n) is 10.1. The molecule has 0 saturated carbocycles. The summed E-state index contributed by atoms with van der Waals surface area (Å²) in [5.41, 5.74) is 0. The molecule has 9 N–H and O–H groups in total. The summed E-state index contributed by atoms with van der Waals surface area (Å²) in [6.45, 7) is 2.81. The molecule has 2 heterocycles. The van der Waals surface area contributed by atoms with Crippen molar-refractivity contribution in [2.45, 2.75) is 331 Å². The fourth-order valence-corrected chi connectivity index (χ4v) is 10.1. The van der Waals surface area contributed by atoms with Crippen molar-refractivity contribution in [2.24, 2.45) is 0 Å². The highest BCUT2D eigenvalue weighted by molar-refractivity contribution is 5.76. The van der Waals surface area contributed by atoms with E-state index < -0.39 is 86.8 Å². The summed E-state index contributed by atoms with van der Waals surface area (Å²) < 4.78 is 22.7. The van der Waals surface area contributed by atoms with Crippen molar-refractivity contribution in [3.63, 3.8) is 0 Å². The van der Waals surface area contributed by atoms with Crippen LogP contribution in [-0.4, -0.2) is 140 Å². The molecule has 2 saturated heterocycles. The van der Waals surface area contributed by atoms with Crippen molar-refractivity contribution in [3.8, 4) is 0 Å². The number of ether oxygens (including phenoxy) is 4. The van der Waals surface area contributed by atoms with Crippen LogP contribution in [0.2, 0.25) is 0 Å².